The van der Waals surface area contributed by atoms with Crippen molar-refractivity contribution in [2.75, 3.05) is 13.1 Å². The van der Waals surface area contributed by atoms with Crippen molar-refractivity contribution >= 4 is 60.6 Å². The van der Waals surface area contributed by atoms with Crippen molar-refractivity contribution in [3.63, 3.8) is 0 Å². The van der Waals surface area contributed by atoms with Gasteiger partial charge in [0.15, 0.2) is 0 Å². The number of hydrogen-bond donors (Lipinski definition) is 1. The van der Waals surface area contributed by atoms with Gasteiger partial charge >= 0.3 is 0 Å². The molecule has 1 fully saturated rings. The Bertz CT molecular complexity index is 851. The van der Waals surface area contributed by atoms with Crippen LogP contribution in [0.2, 0.25) is 0 Å². The lowest BCUT2D eigenvalue weighted by Crippen LogP contribution is -2.46. The van der Waals surface area contributed by atoms with Crippen molar-refractivity contribution in [2.45, 2.75) is 23.1 Å². The molecule has 3 rings (SSSR count). The fourth-order valence-corrected chi connectivity index (χ4v) is 6.23. The minimum atomic E-state index is -3.45. The molecule has 1 N–H and O–H groups in total. The molecule has 1 aliphatic heterocycles. The average Bonchev–Trinajstić information content (AvgIpc) is 3.25. The van der Waals surface area contributed by atoms with Crippen LogP contribution in [0.1, 0.15) is 17.7 Å². The zero-order valence-corrected chi connectivity index (χ0v) is 17.3. The fourth-order valence-electron chi connectivity index (χ4n) is 2.59. The second kappa shape index (κ2) is 8.13. The molecule has 2 aromatic heterocycles. The van der Waals surface area contributed by atoms with Gasteiger partial charge in [0.05, 0.1) is 3.79 Å². The van der Waals surface area contributed by atoms with Crippen LogP contribution in [0.25, 0.3) is 6.08 Å². The summed E-state index contributed by atoms with van der Waals surface area (Å²) in [5.74, 6) is -0.0379. The Kier molecular flexibility index (Phi) is 6.11. The van der Waals surface area contributed by atoms with Crippen LogP contribution in [0.3, 0.4) is 0 Å². The Hall–Kier alpha value is -1.00. The lowest BCUT2D eigenvalue weighted by atomic mass is 10.1. The predicted molar refractivity (Wildman–Crippen MR) is 105 cm³/mol. The molecule has 2 aromatic rings. The maximum absolute atomic E-state index is 12.3. The second-order valence-electron chi connectivity index (χ2n) is 5.63. The lowest BCUT2D eigenvalue weighted by molar-refractivity contribution is -0.126. The van der Waals surface area contributed by atoms with E-state index in [1.165, 1.54) is 11.3 Å². The van der Waals surface area contributed by atoms with Crippen LogP contribution in [-0.4, -0.2) is 38.4 Å². The molecule has 0 atom stereocenters. The number of nitrogens with one attached hydrogen (secondary N) is 1. The first kappa shape index (κ1) is 18.8. The topological polar surface area (TPSA) is 66.5 Å². The van der Waals surface area contributed by atoms with Gasteiger partial charge in [0.25, 0.3) is 0 Å². The van der Waals surface area contributed by atoms with E-state index in [2.05, 4.69) is 20.7 Å². The molecule has 0 aliphatic carbocycles. The van der Waals surface area contributed by atoms with Gasteiger partial charge in [0, 0.05) is 30.1 Å². The molecular weight excluding hydrogens is 444 g/mol. The lowest BCUT2D eigenvalue weighted by Gasteiger charge is -2.31. The normalized spacial score (nSPS) is 16.6. The molecule has 0 unspecified atom stereocenters. The Morgan fingerprint density at radius 3 is 2.64 bits per heavy atom. The van der Waals surface area contributed by atoms with Crippen LogP contribution < -0.4 is 4.72 Å². The fraction of sp³-hybridized carbons (Fsp3) is 0.312. The number of thiophene rings is 2. The van der Waals surface area contributed by atoms with E-state index >= 15 is 0 Å². The summed E-state index contributed by atoms with van der Waals surface area (Å²) in [4.78, 5) is 15.0. The van der Waals surface area contributed by atoms with E-state index in [9.17, 15) is 13.2 Å². The van der Waals surface area contributed by atoms with Gasteiger partial charge in [-0.25, -0.2) is 13.1 Å². The summed E-state index contributed by atoms with van der Waals surface area (Å²) >= 11 is 6.16. The van der Waals surface area contributed by atoms with E-state index in [1.807, 2.05) is 18.2 Å². The highest BCUT2D eigenvalue weighted by Crippen LogP contribution is 2.23. The van der Waals surface area contributed by atoms with E-state index < -0.39 is 10.0 Å². The zero-order chi connectivity index (χ0) is 17.9. The Morgan fingerprint density at radius 1 is 1.28 bits per heavy atom. The van der Waals surface area contributed by atoms with Gasteiger partial charge in [0.1, 0.15) is 4.21 Å². The number of piperidine rings is 1. The third-order valence-corrected chi connectivity index (χ3v) is 8.38. The minimum Gasteiger partial charge on any atom is -0.339 e. The van der Waals surface area contributed by atoms with Crippen LogP contribution in [0.5, 0.6) is 0 Å². The Labute approximate surface area is 163 Å². The SMILES string of the molecule is O=C(/C=C/c1ccc(Br)s1)N1CCC(NS(=O)(=O)c2cccs2)CC1. The van der Waals surface area contributed by atoms with E-state index in [-0.39, 0.29) is 11.9 Å². The third-order valence-electron chi connectivity index (χ3n) is 3.87. The number of carbonyl (C=O) groups is 1. The number of halogens is 1. The summed E-state index contributed by atoms with van der Waals surface area (Å²) in [6, 6.07) is 7.08. The largest absolute Gasteiger partial charge is 0.339 e. The van der Waals surface area contributed by atoms with Crippen LogP contribution in [0, 0.1) is 0 Å². The van der Waals surface area contributed by atoms with E-state index in [1.54, 1.807) is 39.8 Å². The molecule has 0 aromatic carbocycles. The van der Waals surface area contributed by atoms with Crippen molar-refractivity contribution in [3.8, 4) is 0 Å². The Balaban J connectivity index is 1.51. The number of carbonyl (C=O) groups excluding carboxylic acids is 1. The number of amides is 1. The molecule has 25 heavy (non-hydrogen) atoms. The molecule has 9 heteroatoms. The second-order valence-corrected chi connectivity index (χ2v) is 11.0. The van der Waals surface area contributed by atoms with Gasteiger partial charge in [-0.15, -0.1) is 22.7 Å². The van der Waals surface area contributed by atoms with Crippen molar-refractivity contribution in [1.29, 1.82) is 0 Å². The summed E-state index contributed by atoms with van der Waals surface area (Å²) < 4.78 is 28.6. The van der Waals surface area contributed by atoms with Gasteiger partial charge in [-0.3, -0.25) is 4.79 Å². The van der Waals surface area contributed by atoms with Crippen LogP contribution in [0.15, 0.2) is 43.7 Å². The highest BCUT2D eigenvalue weighted by atomic mass is 79.9. The van der Waals surface area contributed by atoms with Crippen molar-refractivity contribution in [1.82, 2.24) is 9.62 Å². The standard InChI is InChI=1S/C16H17BrN2O3S3/c17-14-5-3-13(24-14)4-6-15(20)19-9-7-12(8-10-19)18-25(21,22)16-2-1-11-23-16/h1-6,11-12,18H,7-10H2/b6-4+. The van der Waals surface area contributed by atoms with Gasteiger partial charge in [-0.1, -0.05) is 6.07 Å². The quantitative estimate of drug-likeness (QED) is 0.693. The van der Waals surface area contributed by atoms with E-state index in [0.717, 1.165) is 8.66 Å². The van der Waals surface area contributed by atoms with Crippen molar-refractivity contribution in [3.05, 3.63) is 44.4 Å². The first-order valence-corrected chi connectivity index (χ1v) is 11.7. The number of sulfonamides is 1. The van der Waals surface area contributed by atoms with E-state index in [4.69, 9.17) is 0 Å². The van der Waals surface area contributed by atoms with Crippen LogP contribution in [0.4, 0.5) is 0 Å². The van der Waals surface area contributed by atoms with Gasteiger partial charge in [-0.2, -0.15) is 0 Å². The maximum atomic E-state index is 12.3. The minimum absolute atomic E-state index is 0.0379. The molecule has 1 aliphatic rings. The van der Waals surface area contributed by atoms with Crippen LogP contribution >= 0.6 is 38.6 Å². The summed E-state index contributed by atoms with van der Waals surface area (Å²) in [5, 5.41) is 1.74. The number of rotatable bonds is 5. The number of hydrogen-bond acceptors (Lipinski definition) is 5. The number of nitrogens with zero attached hydrogens (tertiary/aromatic N) is 1. The van der Waals surface area contributed by atoms with Gasteiger partial charge in [0.2, 0.25) is 15.9 Å². The van der Waals surface area contributed by atoms with Crippen molar-refractivity contribution < 1.29 is 13.2 Å². The molecule has 0 saturated carbocycles. The molecule has 1 saturated heterocycles. The molecule has 3 heterocycles. The molecular formula is C16H17BrN2O3S3. The Morgan fingerprint density at radius 2 is 2.04 bits per heavy atom. The first-order chi connectivity index (χ1) is 11.9. The molecule has 0 radical (unpaired) electrons. The first-order valence-electron chi connectivity index (χ1n) is 7.72. The predicted octanol–water partition coefficient (Wildman–Crippen LogP) is 3.55. The third kappa shape index (κ3) is 5.01. The van der Waals surface area contributed by atoms with Gasteiger partial charge < -0.3 is 4.90 Å². The van der Waals surface area contributed by atoms with E-state index in [0.29, 0.717) is 30.1 Å². The highest BCUT2D eigenvalue weighted by Gasteiger charge is 2.26. The summed E-state index contributed by atoms with van der Waals surface area (Å²) in [7, 11) is -3.45. The smallest absolute Gasteiger partial charge is 0.250 e. The zero-order valence-electron chi connectivity index (χ0n) is 13.2. The molecule has 5 nitrogen and oxygen atoms in total. The molecule has 0 spiro atoms. The molecule has 1 amide bonds. The molecule has 0 bridgehead atoms. The highest BCUT2D eigenvalue weighted by molar-refractivity contribution is 9.11. The monoisotopic (exact) mass is 460 g/mol. The van der Waals surface area contributed by atoms with Crippen molar-refractivity contribution in [2.24, 2.45) is 0 Å². The summed E-state index contributed by atoms with van der Waals surface area (Å²) in [6.45, 7) is 1.10. The maximum Gasteiger partial charge on any atom is 0.250 e. The number of likely N-dealkylation sites (tertiary alicyclic amines) is 1. The molecule has 134 valence electrons. The van der Waals surface area contributed by atoms with Crippen LogP contribution in [-0.2, 0) is 14.8 Å². The average molecular weight is 461 g/mol. The van der Waals surface area contributed by atoms with Gasteiger partial charge in [-0.05, 0) is 58.4 Å². The summed E-state index contributed by atoms with van der Waals surface area (Å²) in [5.41, 5.74) is 0. The summed E-state index contributed by atoms with van der Waals surface area (Å²) in [6.07, 6.45) is 4.63.